The zero-order chi connectivity index (χ0) is 13.0. The van der Waals surface area contributed by atoms with Crippen LogP contribution in [0.4, 0.5) is 4.39 Å². The van der Waals surface area contributed by atoms with Crippen molar-refractivity contribution in [3.8, 4) is 0 Å². The number of benzene rings is 1. The number of nitrogens with zero attached hydrogens (tertiary/aromatic N) is 1. The number of rotatable bonds is 5. The van der Waals surface area contributed by atoms with Gasteiger partial charge in [0, 0.05) is 19.7 Å². The van der Waals surface area contributed by atoms with Crippen molar-refractivity contribution in [3.05, 3.63) is 35.6 Å². The standard InChI is InChI=1S/C14H20FNO2/c15-13-3-1-12(2-4-13)14(18)6-8-16-7-5-11(9-16)10-17/h1-4,11,14,17-18H,5-10H2. The van der Waals surface area contributed by atoms with Crippen molar-refractivity contribution in [1.29, 1.82) is 0 Å². The summed E-state index contributed by atoms with van der Waals surface area (Å²) in [5.74, 6) is 0.101. The highest BCUT2D eigenvalue weighted by atomic mass is 19.1. The van der Waals surface area contributed by atoms with Crippen LogP contribution in [-0.2, 0) is 0 Å². The summed E-state index contributed by atoms with van der Waals surface area (Å²) in [6, 6.07) is 5.99. The molecule has 1 fully saturated rings. The lowest BCUT2D eigenvalue weighted by atomic mass is 10.1. The van der Waals surface area contributed by atoms with Crippen molar-refractivity contribution in [2.75, 3.05) is 26.2 Å². The molecule has 100 valence electrons. The fraction of sp³-hybridized carbons (Fsp3) is 0.571. The maximum absolute atomic E-state index is 12.8. The van der Waals surface area contributed by atoms with Crippen molar-refractivity contribution < 1.29 is 14.6 Å². The van der Waals surface area contributed by atoms with E-state index in [1.807, 2.05) is 0 Å². The normalized spacial score (nSPS) is 22.3. The summed E-state index contributed by atoms with van der Waals surface area (Å²) in [5, 5.41) is 19.0. The fourth-order valence-corrected chi connectivity index (χ4v) is 2.42. The maximum atomic E-state index is 12.8. The minimum Gasteiger partial charge on any atom is -0.396 e. The average molecular weight is 253 g/mol. The number of hydrogen-bond acceptors (Lipinski definition) is 3. The molecule has 1 aliphatic rings. The number of aliphatic hydroxyl groups is 2. The highest BCUT2D eigenvalue weighted by molar-refractivity contribution is 5.18. The molecule has 0 aromatic heterocycles. The van der Waals surface area contributed by atoms with Crippen molar-refractivity contribution in [3.63, 3.8) is 0 Å². The molecule has 4 heteroatoms. The van der Waals surface area contributed by atoms with Crippen LogP contribution in [0, 0.1) is 11.7 Å². The van der Waals surface area contributed by atoms with Crippen molar-refractivity contribution >= 4 is 0 Å². The fourth-order valence-electron chi connectivity index (χ4n) is 2.42. The zero-order valence-corrected chi connectivity index (χ0v) is 10.4. The van der Waals surface area contributed by atoms with Gasteiger partial charge in [-0.1, -0.05) is 12.1 Å². The van der Waals surface area contributed by atoms with E-state index in [0.29, 0.717) is 12.3 Å². The molecular weight excluding hydrogens is 233 g/mol. The van der Waals surface area contributed by atoms with E-state index in [-0.39, 0.29) is 12.4 Å². The van der Waals surface area contributed by atoms with Gasteiger partial charge in [0.1, 0.15) is 5.82 Å². The van der Waals surface area contributed by atoms with Gasteiger partial charge in [0.05, 0.1) is 6.10 Å². The molecule has 0 amide bonds. The van der Waals surface area contributed by atoms with Gasteiger partial charge in [-0.15, -0.1) is 0 Å². The highest BCUT2D eigenvalue weighted by Crippen LogP contribution is 2.20. The monoisotopic (exact) mass is 253 g/mol. The van der Waals surface area contributed by atoms with Gasteiger partial charge >= 0.3 is 0 Å². The molecule has 2 N–H and O–H groups in total. The van der Waals surface area contributed by atoms with Gasteiger partial charge in [0.25, 0.3) is 0 Å². The summed E-state index contributed by atoms with van der Waals surface area (Å²) in [6.07, 6.45) is 1.13. The molecule has 0 aliphatic carbocycles. The average Bonchev–Trinajstić information content (AvgIpc) is 2.85. The quantitative estimate of drug-likeness (QED) is 0.837. The summed E-state index contributed by atoms with van der Waals surface area (Å²) in [7, 11) is 0. The van der Waals surface area contributed by atoms with Crippen LogP contribution in [0.1, 0.15) is 24.5 Å². The van der Waals surface area contributed by atoms with Crippen LogP contribution in [0.25, 0.3) is 0 Å². The maximum Gasteiger partial charge on any atom is 0.123 e. The predicted molar refractivity (Wildman–Crippen MR) is 67.6 cm³/mol. The molecule has 2 unspecified atom stereocenters. The lowest BCUT2D eigenvalue weighted by Gasteiger charge is -2.18. The van der Waals surface area contributed by atoms with Crippen molar-refractivity contribution in [2.45, 2.75) is 18.9 Å². The van der Waals surface area contributed by atoms with Crippen molar-refractivity contribution in [1.82, 2.24) is 4.90 Å². The Bertz CT molecular complexity index is 369. The third-order valence-electron chi connectivity index (χ3n) is 3.60. The van der Waals surface area contributed by atoms with Crippen LogP contribution in [0.3, 0.4) is 0 Å². The van der Waals surface area contributed by atoms with E-state index in [1.54, 1.807) is 12.1 Å². The molecule has 1 aliphatic heterocycles. The molecule has 1 aromatic rings. The molecule has 0 bridgehead atoms. The largest absolute Gasteiger partial charge is 0.396 e. The molecule has 0 saturated carbocycles. The number of hydrogen-bond donors (Lipinski definition) is 2. The van der Waals surface area contributed by atoms with Gasteiger partial charge in [0.15, 0.2) is 0 Å². The van der Waals surface area contributed by atoms with Crippen LogP contribution in [0.5, 0.6) is 0 Å². The van der Waals surface area contributed by atoms with E-state index in [0.717, 1.165) is 31.6 Å². The predicted octanol–water partition coefficient (Wildman–Crippen LogP) is 1.56. The minimum atomic E-state index is -0.543. The molecule has 3 nitrogen and oxygen atoms in total. The smallest absolute Gasteiger partial charge is 0.123 e. The highest BCUT2D eigenvalue weighted by Gasteiger charge is 2.22. The molecule has 1 heterocycles. The second-order valence-corrected chi connectivity index (χ2v) is 4.99. The first-order valence-electron chi connectivity index (χ1n) is 6.46. The molecule has 2 rings (SSSR count). The topological polar surface area (TPSA) is 43.7 Å². The lowest BCUT2D eigenvalue weighted by Crippen LogP contribution is -2.24. The Hall–Kier alpha value is -0.970. The minimum absolute atomic E-state index is 0.247. The Balaban J connectivity index is 1.78. The number of aliphatic hydroxyl groups excluding tert-OH is 2. The Morgan fingerprint density at radius 2 is 2.06 bits per heavy atom. The first-order chi connectivity index (χ1) is 8.69. The van der Waals surface area contributed by atoms with Crippen LogP contribution in [0.2, 0.25) is 0 Å². The number of halogens is 1. The second-order valence-electron chi connectivity index (χ2n) is 4.99. The summed E-state index contributed by atoms with van der Waals surface area (Å²) in [5.41, 5.74) is 0.759. The summed E-state index contributed by atoms with van der Waals surface area (Å²) >= 11 is 0. The Kier molecular flexibility index (Phi) is 4.69. The van der Waals surface area contributed by atoms with Crippen LogP contribution in [-0.4, -0.2) is 41.4 Å². The van der Waals surface area contributed by atoms with E-state index < -0.39 is 6.10 Å². The molecule has 1 aromatic carbocycles. The Morgan fingerprint density at radius 1 is 1.33 bits per heavy atom. The summed E-state index contributed by atoms with van der Waals surface area (Å²) in [6.45, 7) is 2.96. The molecule has 1 saturated heterocycles. The van der Waals surface area contributed by atoms with E-state index in [1.165, 1.54) is 12.1 Å². The van der Waals surface area contributed by atoms with Crippen LogP contribution < -0.4 is 0 Å². The third-order valence-corrected chi connectivity index (χ3v) is 3.60. The number of likely N-dealkylation sites (tertiary alicyclic amines) is 1. The van der Waals surface area contributed by atoms with Gasteiger partial charge in [-0.05, 0) is 43.0 Å². The zero-order valence-electron chi connectivity index (χ0n) is 10.4. The van der Waals surface area contributed by atoms with Gasteiger partial charge in [0.2, 0.25) is 0 Å². The molecule has 2 atom stereocenters. The summed E-state index contributed by atoms with van der Waals surface area (Å²) in [4.78, 5) is 2.26. The first-order valence-corrected chi connectivity index (χ1v) is 6.46. The van der Waals surface area contributed by atoms with E-state index in [2.05, 4.69) is 4.90 Å². The third kappa shape index (κ3) is 3.51. The van der Waals surface area contributed by atoms with E-state index in [4.69, 9.17) is 5.11 Å². The van der Waals surface area contributed by atoms with E-state index in [9.17, 15) is 9.50 Å². The van der Waals surface area contributed by atoms with Gasteiger partial charge in [-0.2, -0.15) is 0 Å². The van der Waals surface area contributed by atoms with E-state index >= 15 is 0 Å². The SMILES string of the molecule is OCC1CCN(CCC(O)c2ccc(F)cc2)C1. The summed E-state index contributed by atoms with van der Waals surface area (Å²) < 4.78 is 12.8. The second kappa shape index (κ2) is 6.27. The Labute approximate surface area is 107 Å². The molecule has 18 heavy (non-hydrogen) atoms. The van der Waals surface area contributed by atoms with Crippen LogP contribution in [0.15, 0.2) is 24.3 Å². The molecular formula is C14H20FNO2. The lowest BCUT2D eigenvalue weighted by molar-refractivity contribution is 0.145. The molecule has 0 spiro atoms. The van der Waals surface area contributed by atoms with Gasteiger partial charge in [-0.3, -0.25) is 0 Å². The van der Waals surface area contributed by atoms with Gasteiger partial charge < -0.3 is 15.1 Å². The van der Waals surface area contributed by atoms with Gasteiger partial charge in [-0.25, -0.2) is 4.39 Å². The first kappa shape index (κ1) is 13.5. The Morgan fingerprint density at radius 3 is 2.67 bits per heavy atom. The van der Waals surface area contributed by atoms with Crippen molar-refractivity contribution in [2.24, 2.45) is 5.92 Å². The van der Waals surface area contributed by atoms with Crippen LogP contribution >= 0.6 is 0 Å². The molecule has 0 radical (unpaired) electrons.